The summed E-state index contributed by atoms with van der Waals surface area (Å²) in [6, 6.07) is 9.98. The highest BCUT2D eigenvalue weighted by Gasteiger charge is 2.25. The number of anilines is 1. The van der Waals surface area contributed by atoms with Crippen LogP contribution in [-0.2, 0) is 24.7 Å². The zero-order valence-electron chi connectivity index (χ0n) is 16.2. The maximum atomic E-state index is 12.5. The van der Waals surface area contributed by atoms with E-state index in [9.17, 15) is 4.79 Å². The lowest BCUT2D eigenvalue weighted by atomic mass is 10.0. The summed E-state index contributed by atoms with van der Waals surface area (Å²) >= 11 is 0. The van der Waals surface area contributed by atoms with Gasteiger partial charge in [-0.1, -0.05) is 56.0 Å². The van der Waals surface area contributed by atoms with Crippen molar-refractivity contribution in [2.75, 3.05) is 31.1 Å². The second-order valence-corrected chi connectivity index (χ2v) is 7.86. The van der Waals surface area contributed by atoms with Crippen LogP contribution in [0.1, 0.15) is 37.1 Å². The van der Waals surface area contributed by atoms with Crippen LogP contribution in [-0.4, -0.2) is 51.8 Å². The summed E-state index contributed by atoms with van der Waals surface area (Å²) in [6.07, 6.45) is 6.88. The number of carbonyl (C=O) groups excluding carboxylic acids is 1. The zero-order valence-corrected chi connectivity index (χ0v) is 16.2. The predicted molar refractivity (Wildman–Crippen MR) is 106 cm³/mol. The average Bonchev–Trinajstić information content (AvgIpc) is 3.34. The SMILES string of the molecule is Cn1c(CC2CCCC2)nnc1N1CCN(C(=O)Cc2ccccc2)CC1. The third-order valence-corrected chi connectivity index (χ3v) is 6.00. The van der Waals surface area contributed by atoms with Crippen molar-refractivity contribution in [2.24, 2.45) is 13.0 Å². The summed E-state index contributed by atoms with van der Waals surface area (Å²) in [5.41, 5.74) is 1.08. The van der Waals surface area contributed by atoms with Crippen LogP contribution in [0.4, 0.5) is 5.95 Å². The highest BCUT2D eigenvalue weighted by atomic mass is 16.2. The van der Waals surface area contributed by atoms with Crippen LogP contribution < -0.4 is 4.90 Å². The molecule has 2 heterocycles. The Morgan fingerprint density at radius 3 is 2.44 bits per heavy atom. The molecule has 0 N–H and O–H groups in total. The molecule has 27 heavy (non-hydrogen) atoms. The molecule has 1 aliphatic carbocycles. The van der Waals surface area contributed by atoms with Gasteiger partial charge >= 0.3 is 0 Å². The average molecular weight is 367 g/mol. The lowest BCUT2D eigenvalue weighted by molar-refractivity contribution is -0.130. The van der Waals surface area contributed by atoms with Crippen molar-refractivity contribution in [2.45, 2.75) is 38.5 Å². The first-order chi connectivity index (χ1) is 13.2. The quantitative estimate of drug-likeness (QED) is 0.815. The van der Waals surface area contributed by atoms with Crippen LogP contribution in [0.2, 0.25) is 0 Å². The van der Waals surface area contributed by atoms with E-state index in [1.165, 1.54) is 25.7 Å². The number of amides is 1. The monoisotopic (exact) mass is 367 g/mol. The molecule has 1 amide bonds. The van der Waals surface area contributed by atoms with Crippen molar-refractivity contribution in [3.63, 3.8) is 0 Å². The second kappa shape index (κ2) is 8.11. The summed E-state index contributed by atoms with van der Waals surface area (Å²) < 4.78 is 2.15. The molecule has 0 spiro atoms. The van der Waals surface area contributed by atoms with E-state index in [1.54, 1.807) is 0 Å². The van der Waals surface area contributed by atoms with E-state index in [2.05, 4.69) is 26.7 Å². The van der Waals surface area contributed by atoms with Gasteiger partial charge in [-0.2, -0.15) is 0 Å². The minimum Gasteiger partial charge on any atom is -0.339 e. The molecular weight excluding hydrogens is 338 g/mol. The fourth-order valence-electron chi connectivity index (χ4n) is 4.32. The highest BCUT2D eigenvalue weighted by Crippen LogP contribution is 2.28. The van der Waals surface area contributed by atoms with E-state index in [4.69, 9.17) is 0 Å². The molecule has 0 atom stereocenters. The second-order valence-electron chi connectivity index (χ2n) is 7.86. The Balaban J connectivity index is 1.32. The van der Waals surface area contributed by atoms with E-state index < -0.39 is 0 Å². The smallest absolute Gasteiger partial charge is 0.227 e. The van der Waals surface area contributed by atoms with Gasteiger partial charge in [0.2, 0.25) is 11.9 Å². The van der Waals surface area contributed by atoms with Crippen molar-refractivity contribution in [3.05, 3.63) is 41.7 Å². The molecular formula is C21H29N5O. The van der Waals surface area contributed by atoms with Gasteiger partial charge in [0.1, 0.15) is 5.82 Å². The van der Waals surface area contributed by atoms with Crippen LogP contribution in [0, 0.1) is 5.92 Å². The number of carbonyl (C=O) groups is 1. The lowest BCUT2D eigenvalue weighted by Gasteiger charge is -2.35. The predicted octanol–water partition coefficient (Wildman–Crippen LogP) is 2.44. The molecule has 0 bridgehead atoms. The van der Waals surface area contributed by atoms with E-state index >= 15 is 0 Å². The maximum Gasteiger partial charge on any atom is 0.227 e. The molecule has 6 heteroatoms. The zero-order chi connectivity index (χ0) is 18.6. The van der Waals surface area contributed by atoms with Gasteiger partial charge in [0.05, 0.1) is 6.42 Å². The Hall–Kier alpha value is -2.37. The molecule has 4 rings (SSSR count). The normalized spacial score (nSPS) is 18.3. The minimum atomic E-state index is 0.209. The molecule has 2 aliphatic rings. The van der Waals surface area contributed by atoms with Gasteiger partial charge in [-0.3, -0.25) is 4.79 Å². The lowest BCUT2D eigenvalue weighted by Crippen LogP contribution is -2.49. The number of hydrogen-bond donors (Lipinski definition) is 0. The summed E-state index contributed by atoms with van der Waals surface area (Å²) in [5.74, 6) is 3.02. The molecule has 1 saturated carbocycles. The molecule has 0 unspecified atom stereocenters. The van der Waals surface area contributed by atoms with Crippen molar-refractivity contribution in [1.29, 1.82) is 0 Å². The number of rotatable bonds is 5. The third-order valence-electron chi connectivity index (χ3n) is 6.00. The Kier molecular flexibility index (Phi) is 5.41. The first kappa shape index (κ1) is 18.0. The molecule has 1 aromatic heterocycles. The summed E-state index contributed by atoms with van der Waals surface area (Å²) in [4.78, 5) is 16.8. The van der Waals surface area contributed by atoms with Crippen molar-refractivity contribution < 1.29 is 4.79 Å². The summed E-state index contributed by atoms with van der Waals surface area (Å²) in [7, 11) is 2.08. The number of hydrogen-bond acceptors (Lipinski definition) is 4. The first-order valence-electron chi connectivity index (χ1n) is 10.2. The van der Waals surface area contributed by atoms with Crippen molar-refractivity contribution in [1.82, 2.24) is 19.7 Å². The number of benzene rings is 1. The largest absolute Gasteiger partial charge is 0.339 e. The molecule has 1 saturated heterocycles. The van der Waals surface area contributed by atoms with Crippen LogP contribution >= 0.6 is 0 Å². The Morgan fingerprint density at radius 2 is 1.74 bits per heavy atom. The molecule has 6 nitrogen and oxygen atoms in total. The van der Waals surface area contributed by atoms with Gasteiger partial charge < -0.3 is 14.4 Å². The van der Waals surface area contributed by atoms with Gasteiger partial charge in [-0.15, -0.1) is 10.2 Å². The number of aromatic nitrogens is 3. The van der Waals surface area contributed by atoms with Crippen LogP contribution in [0.25, 0.3) is 0 Å². The van der Waals surface area contributed by atoms with Gasteiger partial charge in [0, 0.05) is 39.6 Å². The standard InChI is InChI=1S/C21H29N5O/c1-24-19(15-17-9-5-6-10-17)22-23-21(24)26-13-11-25(12-14-26)20(27)16-18-7-3-2-4-8-18/h2-4,7-8,17H,5-6,9-16H2,1H3. The van der Waals surface area contributed by atoms with Gasteiger partial charge in [0.15, 0.2) is 0 Å². The maximum absolute atomic E-state index is 12.5. The summed E-state index contributed by atoms with van der Waals surface area (Å²) in [5, 5.41) is 8.91. The molecule has 2 fully saturated rings. The fourth-order valence-corrected chi connectivity index (χ4v) is 4.32. The van der Waals surface area contributed by atoms with Gasteiger partial charge in [-0.25, -0.2) is 0 Å². The topological polar surface area (TPSA) is 54.3 Å². The van der Waals surface area contributed by atoms with Crippen molar-refractivity contribution >= 4 is 11.9 Å². The van der Waals surface area contributed by atoms with Gasteiger partial charge in [-0.05, 0) is 11.5 Å². The Morgan fingerprint density at radius 1 is 1.04 bits per heavy atom. The first-order valence-corrected chi connectivity index (χ1v) is 10.2. The van der Waals surface area contributed by atoms with E-state index in [-0.39, 0.29) is 5.91 Å². The van der Waals surface area contributed by atoms with E-state index in [0.29, 0.717) is 6.42 Å². The molecule has 0 radical (unpaired) electrons. The Labute approximate surface area is 161 Å². The molecule has 1 aromatic carbocycles. The highest BCUT2D eigenvalue weighted by molar-refractivity contribution is 5.79. The van der Waals surface area contributed by atoms with Crippen molar-refractivity contribution in [3.8, 4) is 0 Å². The minimum absolute atomic E-state index is 0.209. The third kappa shape index (κ3) is 4.15. The molecule has 144 valence electrons. The van der Waals surface area contributed by atoms with Crippen LogP contribution in [0.5, 0.6) is 0 Å². The Bertz CT molecular complexity index is 758. The number of piperazine rings is 1. The van der Waals surface area contributed by atoms with E-state index in [1.807, 2.05) is 35.2 Å². The summed E-state index contributed by atoms with van der Waals surface area (Å²) in [6.45, 7) is 3.12. The van der Waals surface area contributed by atoms with Crippen LogP contribution in [0.15, 0.2) is 30.3 Å². The fraction of sp³-hybridized carbons (Fsp3) is 0.571. The number of nitrogens with zero attached hydrogens (tertiary/aromatic N) is 5. The van der Waals surface area contributed by atoms with E-state index in [0.717, 1.165) is 55.9 Å². The molecule has 1 aliphatic heterocycles. The van der Waals surface area contributed by atoms with Crippen LogP contribution in [0.3, 0.4) is 0 Å². The van der Waals surface area contributed by atoms with Gasteiger partial charge in [0.25, 0.3) is 0 Å². The molecule has 2 aromatic rings.